The van der Waals surface area contributed by atoms with Gasteiger partial charge in [0.2, 0.25) is 5.91 Å². The van der Waals surface area contributed by atoms with E-state index in [0.717, 1.165) is 6.07 Å². The molecule has 0 radical (unpaired) electrons. The molecule has 150 valence electrons. The van der Waals surface area contributed by atoms with Crippen LogP contribution in [0, 0.1) is 16.0 Å². The summed E-state index contributed by atoms with van der Waals surface area (Å²) in [7, 11) is 0. The van der Waals surface area contributed by atoms with Crippen molar-refractivity contribution >= 4 is 23.4 Å². The van der Waals surface area contributed by atoms with Crippen LogP contribution in [0.5, 0.6) is 0 Å². The molecule has 8 nitrogen and oxygen atoms in total. The maximum Gasteiger partial charge on any atom is 0.406 e. The largest absolute Gasteiger partial charge is 0.406 e. The molecule has 3 rings (SSSR count). The minimum absolute atomic E-state index is 0.0606. The number of nitro groups is 1. The zero-order chi connectivity index (χ0) is 20.8. The number of benzene rings is 1. The normalized spacial score (nSPS) is 17.5. The van der Waals surface area contributed by atoms with Crippen molar-refractivity contribution < 1.29 is 32.5 Å². The average Bonchev–Trinajstić information content (AvgIpc) is 3.42. The molecule has 1 atom stereocenters. The molecule has 11 heteroatoms. The van der Waals surface area contributed by atoms with Gasteiger partial charge in [-0.3, -0.25) is 29.4 Å². The lowest BCUT2D eigenvalue weighted by molar-refractivity contribution is -0.385. The van der Waals surface area contributed by atoms with E-state index in [4.69, 9.17) is 0 Å². The van der Waals surface area contributed by atoms with Gasteiger partial charge >= 0.3 is 6.18 Å². The lowest BCUT2D eigenvalue weighted by Crippen LogP contribution is -2.50. The molecule has 0 saturated heterocycles. The predicted molar refractivity (Wildman–Crippen MR) is 88.4 cm³/mol. The van der Waals surface area contributed by atoms with Gasteiger partial charge in [0.15, 0.2) is 0 Å². The van der Waals surface area contributed by atoms with Crippen LogP contribution in [0.25, 0.3) is 0 Å². The molecular formula is C17H16F3N3O5. The van der Waals surface area contributed by atoms with Crippen molar-refractivity contribution in [2.45, 2.75) is 32.0 Å². The summed E-state index contributed by atoms with van der Waals surface area (Å²) in [5.74, 6) is -3.10. The quantitative estimate of drug-likeness (QED) is 0.415. The minimum Gasteiger partial charge on any atom is -0.329 e. The zero-order valence-corrected chi connectivity index (χ0v) is 14.7. The zero-order valence-electron chi connectivity index (χ0n) is 14.7. The average molecular weight is 399 g/mol. The van der Waals surface area contributed by atoms with E-state index < -0.39 is 59.2 Å². The summed E-state index contributed by atoms with van der Waals surface area (Å²) >= 11 is 0. The van der Waals surface area contributed by atoms with E-state index in [1.165, 1.54) is 19.1 Å². The second-order valence-electron chi connectivity index (χ2n) is 6.87. The van der Waals surface area contributed by atoms with Crippen LogP contribution in [0.4, 0.5) is 18.9 Å². The summed E-state index contributed by atoms with van der Waals surface area (Å²) in [5, 5.41) is 11.1. The fraction of sp³-hybridized carbons (Fsp3) is 0.471. The number of hydrogen-bond donors (Lipinski definition) is 0. The summed E-state index contributed by atoms with van der Waals surface area (Å²) in [6.45, 7) is -0.905. The van der Waals surface area contributed by atoms with Gasteiger partial charge in [-0.25, -0.2) is 0 Å². The fourth-order valence-electron chi connectivity index (χ4n) is 3.32. The summed E-state index contributed by atoms with van der Waals surface area (Å²) in [6.07, 6.45) is -3.25. The van der Waals surface area contributed by atoms with Crippen LogP contribution >= 0.6 is 0 Å². The standard InChI is InChI=1S/C17H16F3N3O5/c1-9(10-5-6-10)22(8-17(18,19)20)13(24)7-21-15(25)11-3-2-4-12(23(27)28)14(11)16(21)26/h2-4,9-10H,5-8H2,1H3/t9-/m0/s1. The monoisotopic (exact) mass is 399 g/mol. The number of imide groups is 1. The molecule has 1 saturated carbocycles. The Labute approximate surface area is 157 Å². The first-order valence-electron chi connectivity index (χ1n) is 8.51. The number of hydrogen-bond acceptors (Lipinski definition) is 5. The second kappa shape index (κ2) is 6.88. The van der Waals surface area contributed by atoms with Crippen molar-refractivity contribution in [3.63, 3.8) is 0 Å². The number of nitrogens with zero attached hydrogens (tertiary/aromatic N) is 3. The van der Waals surface area contributed by atoms with Crippen LogP contribution in [0.2, 0.25) is 0 Å². The van der Waals surface area contributed by atoms with Gasteiger partial charge in [0.1, 0.15) is 18.7 Å². The lowest BCUT2D eigenvalue weighted by Gasteiger charge is -2.31. The molecule has 1 aromatic rings. The van der Waals surface area contributed by atoms with E-state index >= 15 is 0 Å². The Morgan fingerprint density at radius 2 is 1.96 bits per heavy atom. The smallest absolute Gasteiger partial charge is 0.329 e. The number of carbonyl (C=O) groups excluding carboxylic acids is 3. The van der Waals surface area contributed by atoms with E-state index in [0.29, 0.717) is 22.6 Å². The van der Waals surface area contributed by atoms with Crippen molar-refractivity contribution in [2.75, 3.05) is 13.1 Å². The Morgan fingerprint density at radius 1 is 1.32 bits per heavy atom. The first-order chi connectivity index (χ1) is 13.0. The maximum atomic E-state index is 12.9. The molecule has 1 aromatic carbocycles. The van der Waals surface area contributed by atoms with Gasteiger partial charge in [-0.15, -0.1) is 0 Å². The number of rotatable bonds is 6. The minimum atomic E-state index is -4.64. The summed E-state index contributed by atoms with van der Waals surface area (Å²) in [6, 6.07) is 2.77. The van der Waals surface area contributed by atoms with E-state index in [1.807, 2.05) is 0 Å². The van der Waals surface area contributed by atoms with Gasteiger partial charge < -0.3 is 4.90 Å². The molecular weight excluding hydrogens is 383 g/mol. The van der Waals surface area contributed by atoms with Gasteiger partial charge in [0.05, 0.1) is 10.5 Å². The Kier molecular flexibility index (Phi) is 4.86. The van der Waals surface area contributed by atoms with Crippen LogP contribution in [0.1, 0.15) is 40.5 Å². The summed E-state index contributed by atoms with van der Waals surface area (Å²) in [4.78, 5) is 48.8. The van der Waals surface area contributed by atoms with Gasteiger partial charge in [-0.2, -0.15) is 13.2 Å². The Balaban J connectivity index is 1.84. The molecule has 3 amide bonds. The molecule has 28 heavy (non-hydrogen) atoms. The number of halogens is 3. The molecule has 0 N–H and O–H groups in total. The highest BCUT2D eigenvalue weighted by Crippen LogP contribution is 2.36. The fourth-order valence-corrected chi connectivity index (χ4v) is 3.32. The van der Waals surface area contributed by atoms with E-state index in [1.54, 1.807) is 0 Å². The number of fused-ring (bicyclic) bond motifs is 1. The van der Waals surface area contributed by atoms with Gasteiger partial charge in [-0.1, -0.05) is 6.07 Å². The van der Waals surface area contributed by atoms with E-state index in [2.05, 4.69) is 0 Å². The van der Waals surface area contributed by atoms with Crippen molar-refractivity contribution in [1.82, 2.24) is 9.80 Å². The Hall–Kier alpha value is -2.98. The van der Waals surface area contributed by atoms with E-state index in [9.17, 15) is 37.7 Å². The molecule has 2 aliphatic rings. The highest BCUT2D eigenvalue weighted by atomic mass is 19.4. The highest BCUT2D eigenvalue weighted by Gasteiger charge is 2.45. The summed E-state index contributed by atoms with van der Waals surface area (Å²) in [5.41, 5.74) is -1.29. The third kappa shape index (κ3) is 3.69. The second-order valence-corrected chi connectivity index (χ2v) is 6.87. The first-order valence-corrected chi connectivity index (χ1v) is 8.51. The summed E-state index contributed by atoms with van der Waals surface area (Å²) < 4.78 is 38.8. The lowest BCUT2D eigenvalue weighted by atomic mass is 10.1. The molecule has 0 bridgehead atoms. The Bertz CT molecular complexity index is 866. The molecule has 1 aliphatic heterocycles. The number of nitro benzene ring substituents is 1. The van der Waals surface area contributed by atoms with Gasteiger partial charge in [0.25, 0.3) is 17.5 Å². The number of alkyl halides is 3. The van der Waals surface area contributed by atoms with Crippen molar-refractivity contribution in [3.05, 3.63) is 39.4 Å². The van der Waals surface area contributed by atoms with Gasteiger partial charge in [-0.05, 0) is 31.7 Å². The van der Waals surface area contributed by atoms with Crippen molar-refractivity contribution in [3.8, 4) is 0 Å². The molecule has 0 aromatic heterocycles. The van der Waals surface area contributed by atoms with Crippen molar-refractivity contribution in [2.24, 2.45) is 5.92 Å². The van der Waals surface area contributed by atoms with E-state index in [-0.39, 0.29) is 11.5 Å². The van der Waals surface area contributed by atoms with Crippen molar-refractivity contribution in [1.29, 1.82) is 0 Å². The number of carbonyl (C=O) groups is 3. The Morgan fingerprint density at radius 3 is 2.50 bits per heavy atom. The van der Waals surface area contributed by atoms with Crippen LogP contribution in [0.15, 0.2) is 18.2 Å². The van der Waals surface area contributed by atoms with Crippen LogP contribution in [-0.4, -0.2) is 57.8 Å². The molecule has 0 unspecified atom stereocenters. The van der Waals surface area contributed by atoms with Crippen LogP contribution in [0.3, 0.4) is 0 Å². The molecule has 0 spiro atoms. The predicted octanol–water partition coefficient (Wildman–Crippen LogP) is 2.38. The third-order valence-electron chi connectivity index (χ3n) is 4.93. The maximum absolute atomic E-state index is 12.9. The first kappa shape index (κ1) is 19.8. The van der Waals surface area contributed by atoms with Gasteiger partial charge in [0, 0.05) is 12.1 Å². The molecule has 1 aliphatic carbocycles. The van der Waals surface area contributed by atoms with Crippen LogP contribution in [-0.2, 0) is 4.79 Å². The molecule has 1 fully saturated rings. The topological polar surface area (TPSA) is 101 Å². The number of amides is 3. The molecule has 1 heterocycles. The third-order valence-corrected chi connectivity index (χ3v) is 4.93. The highest BCUT2D eigenvalue weighted by molar-refractivity contribution is 6.24. The van der Waals surface area contributed by atoms with Crippen LogP contribution < -0.4 is 0 Å². The SMILES string of the molecule is C[C@@H](C1CC1)N(CC(F)(F)F)C(=O)CN1C(=O)c2cccc([N+](=O)[O-])c2C1=O.